The highest BCUT2D eigenvalue weighted by Gasteiger charge is 2.51. The summed E-state index contributed by atoms with van der Waals surface area (Å²) in [5.41, 5.74) is 12.2. The number of thiophene rings is 2. The Balaban J connectivity index is 1.30. The Kier molecular flexibility index (Phi) is 9.22. The number of allylic oxidation sites excluding steroid dienone is 4. The summed E-state index contributed by atoms with van der Waals surface area (Å²) in [6.45, 7) is 31.3. The molecule has 1 unspecified atom stereocenters. The molecular weight excluding hydrogens is 728 g/mol. The van der Waals surface area contributed by atoms with E-state index in [-0.39, 0.29) is 23.0 Å². The first-order chi connectivity index (χ1) is 26.9. The van der Waals surface area contributed by atoms with E-state index in [9.17, 15) is 0 Å². The van der Waals surface area contributed by atoms with E-state index < -0.39 is 0 Å². The maximum Gasteiger partial charge on any atom is 0.259 e. The summed E-state index contributed by atoms with van der Waals surface area (Å²) >= 11 is 3.90. The van der Waals surface area contributed by atoms with Crippen molar-refractivity contribution in [1.82, 2.24) is 0 Å². The fourth-order valence-electron chi connectivity index (χ4n) is 10.7. The van der Waals surface area contributed by atoms with Crippen LogP contribution in [0.3, 0.4) is 0 Å². The van der Waals surface area contributed by atoms with Crippen molar-refractivity contribution in [1.29, 1.82) is 0 Å². The van der Waals surface area contributed by atoms with Crippen LogP contribution in [0.2, 0.25) is 0 Å². The molecule has 0 radical (unpaired) electrons. The Labute approximate surface area is 351 Å². The highest BCUT2D eigenvalue weighted by atomic mass is 32.1. The first-order valence-electron chi connectivity index (χ1n) is 21.7. The minimum atomic E-state index is 0.0446. The third kappa shape index (κ3) is 6.31. The van der Waals surface area contributed by atoms with Crippen LogP contribution in [0.1, 0.15) is 124 Å². The molecule has 2 aromatic carbocycles. The minimum Gasteiger partial charge on any atom is -0.361 e. The zero-order valence-electron chi connectivity index (χ0n) is 36.5. The van der Waals surface area contributed by atoms with E-state index in [2.05, 4.69) is 183 Å². The van der Waals surface area contributed by atoms with E-state index >= 15 is 0 Å². The molecule has 2 atom stereocenters. The van der Waals surface area contributed by atoms with Crippen LogP contribution in [0.15, 0.2) is 89.7 Å². The van der Waals surface area contributed by atoms with Gasteiger partial charge in [-0.05, 0) is 120 Å². The molecule has 0 saturated heterocycles. The maximum absolute atomic E-state index is 4.62. The molecule has 57 heavy (non-hydrogen) atoms. The fourth-order valence-corrected chi connectivity index (χ4v) is 13.0. The zero-order valence-corrected chi connectivity index (χ0v) is 38.1. The summed E-state index contributed by atoms with van der Waals surface area (Å²) in [6, 6.07) is 17.2. The molecule has 2 aliphatic heterocycles. The summed E-state index contributed by atoms with van der Waals surface area (Å²) in [6.07, 6.45) is 22.2. The van der Waals surface area contributed by atoms with E-state index in [4.69, 9.17) is 0 Å². The molecule has 5 aliphatic rings. The van der Waals surface area contributed by atoms with E-state index in [1.165, 1.54) is 85.2 Å². The summed E-state index contributed by atoms with van der Waals surface area (Å²) in [7, 11) is 0. The van der Waals surface area contributed by atoms with Crippen LogP contribution in [0.5, 0.6) is 0 Å². The van der Waals surface area contributed by atoms with Crippen molar-refractivity contribution in [2.75, 3.05) is 9.80 Å². The second-order valence-electron chi connectivity index (χ2n) is 21.3. The highest BCUT2D eigenvalue weighted by Crippen LogP contribution is 2.51. The third-order valence-electron chi connectivity index (χ3n) is 14.9. The van der Waals surface area contributed by atoms with Crippen molar-refractivity contribution >= 4 is 73.7 Å². The summed E-state index contributed by atoms with van der Waals surface area (Å²) < 4.78 is 4.03. The van der Waals surface area contributed by atoms with Gasteiger partial charge in [-0.1, -0.05) is 124 Å². The van der Waals surface area contributed by atoms with Gasteiger partial charge in [0.2, 0.25) is 0 Å². The number of hydrogen-bond donors (Lipinski definition) is 0. The highest BCUT2D eigenvalue weighted by molar-refractivity contribution is 7.28. The SMILES string of the molecule is C=c1sc2ccccc2/c1=C/c1c(C)sc2c1N(C1CCC(C(C)(C)C)CC1)C1CC=CC3=C1B2c1cc(C(C)(C)C)ccc1N3C1=CC[C@@](C)(C(C)(C)C)C=C1. The Hall–Kier alpha value is -3.54. The van der Waals surface area contributed by atoms with E-state index in [0.29, 0.717) is 17.5 Å². The second-order valence-corrected chi connectivity index (χ2v) is 23.7. The number of aryl methyl sites for hydroxylation is 1. The van der Waals surface area contributed by atoms with Crippen molar-refractivity contribution in [2.45, 2.75) is 132 Å². The van der Waals surface area contributed by atoms with Gasteiger partial charge in [0.1, 0.15) is 0 Å². The van der Waals surface area contributed by atoms with Gasteiger partial charge in [0.05, 0.1) is 5.69 Å². The number of hydrogen-bond acceptors (Lipinski definition) is 4. The number of fused-ring (bicyclic) bond motifs is 5. The quantitative estimate of drug-likeness (QED) is 0.191. The molecule has 0 amide bonds. The Morgan fingerprint density at radius 2 is 1.65 bits per heavy atom. The van der Waals surface area contributed by atoms with Crippen molar-refractivity contribution in [2.24, 2.45) is 22.2 Å². The molecule has 2 nitrogen and oxygen atoms in total. The molecule has 2 aromatic heterocycles. The van der Waals surface area contributed by atoms with E-state index in [1.54, 1.807) is 10.2 Å². The zero-order chi connectivity index (χ0) is 40.4. The summed E-state index contributed by atoms with van der Waals surface area (Å²) in [5.74, 6) is 0.768. The lowest BCUT2D eigenvalue weighted by atomic mass is 9.33. The molecule has 0 spiro atoms. The van der Waals surface area contributed by atoms with Gasteiger partial charge in [-0.25, -0.2) is 0 Å². The molecule has 3 aliphatic carbocycles. The number of rotatable bonds is 3. The van der Waals surface area contributed by atoms with Crippen LogP contribution < -0.4 is 29.8 Å². The molecule has 1 fully saturated rings. The standard InChI is InChI=1S/C52H63BN2S2/c1-32-39(38-16-13-14-19-45(38)56-32)31-40-33(2)57-48-47(40)55(36-23-20-34(21-24-36)49(3,4)5)44-18-15-17-43-46(44)53(48)41-30-35(50(6,7)8)22-25-42(41)54(43)37-26-28-52(12,29-27-37)51(9,10)11/h13-17,19,22,25-28,30-31,34,36,44H,1,18,20-21,23-24,29H2,2-12H3/b39-31+/t34?,36?,44?,52-/m0/s1. The van der Waals surface area contributed by atoms with Crippen LogP contribution in [-0.2, 0) is 5.41 Å². The van der Waals surface area contributed by atoms with Crippen molar-refractivity contribution in [3.05, 3.63) is 115 Å². The third-order valence-corrected chi connectivity index (χ3v) is 17.1. The predicted octanol–water partition coefficient (Wildman–Crippen LogP) is 11.7. The predicted molar refractivity (Wildman–Crippen MR) is 254 cm³/mol. The van der Waals surface area contributed by atoms with Crippen molar-refractivity contribution < 1.29 is 0 Å². The Morgan fingerprint density at radius 1 is 0.912 bits per heavy atom. The lowest BCUT2D eigenvalue weighted by molar-refractivity contribution is 0.166. The van der Waals surface area contributed by atoms with Gasteiger partial charge >= 0.3 is 0 Å². The van der Waals surface area contributed by atoms with E-state index in [1.807, 2.05) is 11.3 Å². The van der Waals surface area contributed by atoms with Gasteiger partial charge in [-0.15, -0.1) is 11.3 Å². The van der Waals surface area contributed by atoms with Gasteiger partial charge in [0, 0.05) is 64.2 Å². The van der Waals surface area contributed by atoms with Gasteiger partial charge in [-0.2, -0.15) is 11.3 Å². The first-order valence-corrected chi connectivity index (χ1v) is 23.3. The van der Waals surface area contributed by atoms with Crippen LogP contribution in [0, 0.1) is 29.1 Å². The molecule has 0 bridgehead atoms. The van der Waals surface area contributed by atoms with Crippen molar-refractivity contribution in [3.8, 4) is 0 Å². The number of anilines is 2. The number of benzene rings is 2. The molecule has 4 heterocycles. The van der Waals surface area contributed by atoms with Gasteiger partial charge < -0.3 is 9.80 Å². The van der Waals surface area contributed by atoms with Crippen LogP contribution >= 0.6 is 22.7 Å². The maximum atomic E-state index is 4.62. The fraction of sp³-hybridized carbons (Fsp3) is 0.462. The second kappa shape index (κ2) is 13.5. The molecule has 0 N–H and O–H groups in total. The lowest BCUT2D eigenvalue weighted by Gasteiger charge is -2.53. The molecule has 9 rings (SSSR count). The average Bonchev–Trinajstić information content (AvgIpc) is 3.65. The normalized spacial score (nSPS) is 25.2. The van der Waals surface area contributed by atoms with E-state index in [0.717, 1.165) is 23.3 Å². The average molecular weight is 791 g/mol. The van der Waals surface area contributed by atoms with Gasteiger partial charge in [0.15, 0.2) is 0 Å². The minimum absolute atomic E-state index is 0.0446. The number of nitrogens with zero attached hydrogens (tertiary/aromatic N) is 2. The summed E-state index contributed by atoms with van der Waals surface area (Å²) in [5, 5.41) is 2.62. The largest absolute Gasteiger partial charge is 0.361 e. The molecule has 4 aromatic rings. The Morgan fingerprint density at radius 3 is 2.32 bits per heavy atom. The molecular formula is C52H63BN2S2. The monoisotopic (exact) mass is 790 g/mol. The lowest BCUT2D eigenvalue weighted by Crippen LogP contribution is -2.63. The smallest absolute Gasteiger partial charge is 0.259 e. The first kappa shape index (κ1) is 39.0. The topological polar surface area (TPSA) is 6.48 Å². The van der Waals surface area contributed by atoms with Crippen LogP contribution in [0.25, 0.3) is 22.7 Å². The summed E-state index contributed by atoms with van der Waals surface area (Å²) in [4.78, 5) is 7.08. The Bertz CT molecular complexity index is 2510. The van der Waals surface area contributed by atoms with Gasteiger partial charge in [-0.3, -0.25) is 0 Å². The molecule has 5 heteroatoms. The van der Waals surface area contributed by atoms with Crippen LogP contribution in [-0.4, -0.2) is 18.8 Å². The van der Waals surface area contributed by atoms with Crippen LogP contribution in [0.4, 0.5) is 11.4 Å². The van der Waals surface area contributed by atoms with Gasteiger partial charge in [0.25, 0.3) is 6.71 Å². The molecule has 296 valence electrons. The van der Waals surface area contributed by atoms with Crippen molar-refractivity contribution in [3.63, 3.8) is 0 Å². The molecule has 1 saturated carbocycles.